The molecule has 6 heteroatoms. The van der Waals surface area contributed by atoms with Gasteiger partial charge in [0.15, 0.2) is 0 Å². The summed E-state index contributed by atoms with van der Waals surface area (Å²) in [5, 5.41) is -0.309. The summed E-state index contributed by atoms with van der Waals surface area (Å²) in [4.78, 5) is 9.25. The summed E-state index contributed by atoms with van der Waals surface area (Å²) < 4.78 is 153. The van der Waals surface area contributed by atoms with Crippen molar-refractivity contribution < 1.29 is 21.9 Å². The van der Waals surface area contributed by atoms with Gasteiger partial charge in [0.1, 0.15) is 0 Å². The fourth-order valence-electron chi connectivity index (χ4n) is 13.8. The third kappa shape index (κ3) is 7.94. The van der Waals surface area contributed by atoms with Crippen LogP contribution in [0.5, 0.6) is 0 Å². The summed E-state index contributed by atoms with van der Waals surface area (Å²) in [5.41, 5.74) is 15.0. The van der Waals surface area contributed by atoms with E-state index >= 15 is 0 Å². The average Bonchev–Trinajstić information content (AvgIpc) is 1.49. The molecule has 0 amide bonds. The fourth-order valence-corrected chi connectivity index (χ4v) is 13.8. The van der Waals surface area contributed by atoms with Gasteiger partial charge < -0.3 is 18.9 Å². The summed E-state index contributed by atoms with van der Waals surface area (Å²) in [5.74, 6) is 0. The number of para-hydroxylation sites is 6. The maximum Gasteiger partial charge on any atom is 0.252 e. The zero-order chi connectivity index (χ0) is 72.4. The zero-order valence-electron chi connectivity index (χ0n) is 63.3. The lowest BCUT2D eigenvalue weighted by molar-refractivity contribution is 1.17. The number of fused-ring (bicyclic) bond motifs is 10. The number of aromatic nitrogens is 3. The molecule has 2 aliphatic heterocycles. The topological polar surface area (TPSA) is 29.2 Å². The average molecular weight is 1150 g/mol. The molecule has 0 bridgehead atoms. The van der Waals surface area contributed by atoms with Crippen LogP contribution in [0, 0.1) is 0 Å². The largest absolute Gasteiger partial charge is 0.310 e. The van der Waals surface area contributed by atoms with E-state index in [4.69, 9.17) is 10.5 Å². The maximum atomic E-state index is 9.73. The van der Waals surface area contributed by atoms with E-state index in [1.54, 1.807) is 6.20 Å². The molecule has 0 N–H and O–H groups in total. The Bertz CT molecular complexity index is 5800. The van der Waals surface area contributed by atoms with Crippen molar-refractivity contribution in [1.82, 2.24) is 14.1 Å². The first-order valence-corrected chi connectivity index (χ1v) is 29.3. The molecule has 16 aromatic rings. The molecule has 13 aromatic carbocycles. The molecule has 414 valence electrons. The van der Waals surface area contributed by atoms with Gasteiger partial charge in [-0.1, -0.05) is 248 Å². The van der Waals surface area contributed by atoms with Crippen molar-refractivity contribution in [1.29, 1.82) is 0 Å². The van der Waals surface area contributed by atoms with Gasteiger partial charge in [-0.25, -0.2) is 0 Å². The standard InChI is InChI=1S/C83H54BN5/c1-5-24-55(25-6-1)63-37-21-38-64(56-26-7-2-8-27-56)82(63)88-77-52-61(86-73-41-17-13-33-67(73)68-34-14-18-42-74(68)86)45-47-71(77)84-72-48-46-62(87-75-43-19-15-35-69(75)70-36-16-20-44-76(70)87)53-78(72)89(80-51-60(50-79(88)81(80)84)59-32-23-49-85-54-59)83-65(57-28-9-3-10-29-57)39-22-40-66(83)58-30-11-4-12-31-58/h1-54H/i13D,14D,15D,16D,17D,18D,19D,20D,33D,34D,35D,36D,41D,42D,43D,44D. The summed E-state index contributed by atoms with van der Waals surface area (Å²) >= 11 is 0. The molecule has 0 aliphatic carbocycles. The summed E-state index contributed by atoms with van der Waals surface area (Å²) in [7, 11) is 0. The third-order valence-corrected chi connectivity index (χ3v) is 17.5. The molecule has 0 spiro atoms. The number of benzene rings is 13. The molecule has 0 unspecified atom stereocenters. The van der Waals surface area contributed by atoms with Crippen LogP contribution in [0.4, 0.5) is 34.1 Å². The molecule has 5 nitrogen and oxygen atoms in total. The van der Waals surface area contributed by atoms with Gasteiger partial charge in [0.2, 0.25) is 0 Å². The van der Waals surface area contributed by atoms with E-state index in [-0.39, 0.29) is 43.6 Å². The number of rotatable bonds is 9. The van der Waals surface area contributed by atoms with Crippen molar-refractivity contribution in [2.45, 2.75) is 0 Å². The van der Waals surface area contributed by atoms with Crippen molar-refractivity contribution >= 4 is 101 Å². The number of nitrogens with zero attached hydrogens (tertiary/aromatic N) is 5. The minimum Gasteiger partial charge on any atom is -0.310 e. The van der Waals surface area contributed by atoms with Gasteiger partial charge in [-0.05, 0) is 111 Å². The first-order chi connectivity index (χ1) is 50.9. The second-order valence-electron chi connectivity index (χ2n) is 22.2. The summed E-state index contributed by atoms with van der Waals surface area (Å²) in [6, 6.07) is 64.2. The summed E-state index contributed by atoms with van der Waals surface area (Å²) in [6.07, 6.45) is 3.52. The van der Waals surface area contributed by atoms with Crippen LogP contribution >= 0.6 is 0 Å². The first kappa shape index (κ1) is 37.0. The van der Waals surface area contributed by atoms with E-state index in [2.05, 4.69) is 94.7 Å². The predicted octanol–water partition coefficient (Wildman–Crippen LogP) is 19.7. The van der Waals surface area contributed by atoms with E-state index in [0.29, 0.717) is 34.1 Å². The maximum absolute atomic E-state index is 9.73. The van der Waals surface area contributed by atoms with Gasteiger partial charge >= 0.3 is 0 Å². The van der Waals surface area contributed by atoms with Gasteiger partial charge in [-0.3, -0.25) is 4.98 Å². The molecule has 0 saturated heterocycles. The van der Waals surface area contributed by atoms with Crippen LogP contribution in [-0.2, 0) is 0 Å². The molecular formula is C83H54BN5. The molecule has 0 fully saturated rings. The highest BCUT2D eigenvalue weighted by molar-refractivity contribution is 7.00. The van der Waals surface area contributed by atoms with Crippen molar-refractivity contribution in [2.24, 2.45) is 0 Å². The Balaban J connectivity index is 1.05. The Kier molecular flexibility index (Phi) is 8.51. The van der Waals surface area contributed by atoms with E-state index < -0.39 is 103 Å². The van der Waals surface area contributed by atoms with Crippen molar-refractivity contribution in [3.63, 3.8) is 0 Å². The third-order valence-electron chi connectivity index (χ3n) is 17.5. The fraction of sp³-hybridized carbons (Fsp3) is 0. The predicted molar refractivity (Wildman–Crippen MR) is 374 cm³/mol. The lowest BCUT2D eigenvalue weighted by Crippen LogP contribution is -2.61. The minimum atomic E-state index is -0.757. The normalized spacial score (nSPS) is 14.9. The van der Waals surface area contributed by atoms with Crippen LogP contribution in [0.1, 0.15) is 21.9 Å². The Morgan fingerprint density at radius 1 is 0.303 bits per heavy atom. The smallest absolute Gasteiger partial charge is 0.252 e. The Hall–Kier alpha value is -11.7. The zero-order valence-corrected chi connectivity index (χ0v) is 47.3. The van der Waals surface area contributed by atoms with E-state index in [0.717, 1.165) is 83.4 Å². The van der Waals surface area contributed by atoms with Crippen molar-refractivity contribution in [3.8, 4) is 67.0 Å². The van der Waals surface area contributed by atoms with E-state index in [1.807, 2.05) is 140 Å². The highest BCUT2D eigenvalue weighted by Crippen LogP contribution is 2.54. The monoisotopic (exact) mass is 1150 g/mol. The van der Waals surface area contributed by atoms with Gasteiger partial charge in [-0.15, -0.1) is 0 Å². The van der Waals surface area contributed by atoms with Crippen molar-refractivity contribution in [2.75, 3.05) is 9.80 Å². The number of hydrogen-bond donors (Lipinski definition) is 0. The van der Waals surface area contributed by atoms with Crippen LogP contribution in [0.2, 0.25) is 0 Å². The first-order valence-electron chi connectivity index (χ1n) is 37.3. The van der Waals surface area contributed by atoms with Crippen LogP contribution < -0.4 is 26.2 Å². The van der Waals surface area contributed by atoms with Gasteiger partial charge in [0, 0.05) is 95.9 Å². The molecule has 89 heavy (non-hydrogen) atoms. The van der Waals surface area contributed by atoms with Crippen LogP contribution in [0.15, 0.2) is 327 Å². The molecule has 0 saturated carbocycles. The summed E-state index contributed by atoms with van der Waals surface area (Å²) in [6.45, 7) is -0.757. The number of hydrogen-bond acceptors (Lipinski definition) is 3. The number of pyridine rings is 1. The van der Waals surface area contributed by atoms with Gasteiger partial charge in [-0.2, -0.15) is 0 Å². The van der Waals surface area contributed by atoms with Crippen LogP contribution in [0.25, 0.3) is 111 Å². The van der Waals surface area contributed by atoms with E-state index in [9.17, 15) is 16.4 Å². The quantitative estimate of drug-likeness (QED) is 0.135. The van der Waals surface area contributed by atoms with Gasteiger partial charge in [0.25, 0.3) is 6.71 Å². The highest BCUT2D eigenvalue weighted by atomic mass is 15.2. The molecule has 0 radical (unpaired) electrons. The lowest BCUT2D eigenvalue weighted by Gasteiger charge is -2.46. The Morgan fingerprint density at radius 2 is 0.652 bits per heavy atom. The Morgan fingerprint density at radius 3 is 1.00 bits per heavy atom. The molecule has 3 aromatic heterocycles. The van der Waals surface area contributed by atoms with Crippen LogP contribution in [0.3, 0.4) is 0 Å². The molecule has 0 atom stereocenters. The van der Waals surface area contributed by atoms with Gasteiger partial charge in [0.05, 0.1) is 55.4 Å². The highest BCUT2D eigenvalue weighted by Gasteiger charge is 2.46. The second kappa shape index (κ2) is 20.5. The molecule has 5 heterocycles. The minimum absolute atomic E-state index is 0.0567. The number of anilines is 6. The van der Waals surface area contributed by atoms with Crippen LogP contribution in [-0.4, -0.2) is 20.8 Å². The van der Waals surface area contributed by atoms with Crippen molar-refractivity contribution in [3.05, 3.63) is 327 Å². The van der Waals surface area contributed by atoms with E-state index in [1.165, 1.54) is 9.13 Å². The SMILES string of the molecule is [2H]c1c([2H])c([2H])c2c(c1[2H])c1c([2H])c([2H])c([2H])c([2H])c1n2-c1ccc2c(c1)N(c1c(-c3ccccc3)cccc1-c1ccccc1)c1cc(-c3cccnc3)cc3c1B2c1ccc(-n2c4c([2H])c([2H])c([2H])c([2H])c4c4c([2H])c([2H])c([2H])c([2H])c42)cc1N3c1c(-c2ccccc2)cccc1-c1ccccc1. The second-order valence-corrected chi connectivity index (χ2v) is 22.2. The molecule has 2 aliphatic rings. The molecule has 18 rings (SSSR count). The lowest BCUT2D eigenvalue weighted by atomic mass is 9.33. The molecular weight excluding hydrogens is 1080 g/mol. The Labute approximate surface area is 539 Å².